The van der Waals surface area contributed by atoms with Crippen LogP contribution in [-0.2, 0) is 0 Å². The van der Waals surface area contributed by atoms with Crippen LogP contribution in [0.4, 0.5) is 0 Å². The molecule has 0 spiro atoms. The molecule has 1 aromatic carbocycles. The van der Waals surface area contributed by atoms with Gasteiger partial charge in [0.1, 0.15) is 10.6 Å². The Morgan fingerprint density at radius 2 is 2.16 bits per heavy atom. The van der Waals surface area contributed by atoms with Crippen molar-refractivity contribution < 1.29 is 9.63 Å². The van der Waals surface area contributed by atoms with Crippen molar-refractivity contribution in [3.8, 4) is 27.9 Å². The van der Waals surface area contributed by atoms with Gasteiger partial charge in [0, 0.05) is 10.0 Å². The van der Waals surface area contributed by atoms with Gasteiger partial charge >= 0.3 is 0 Å². The lowest BCUT2D eigenvalue weighted by Gasteiger charge is -1.97. The fourth-order valence-corrected chi connectivity index (χ4v) is 2.73. The highest BCUT2D eigenvalue weighted by atomic mass is 79.9. The molecular weight excluding hydrogens is 352 g/mol. The summed E-state index contributed by atoms with van der Waals surface area (Å²) in [6, 6.07) is 6.95. The maximum absolute atomic E-state index is 9.62. The molecule has 0 radical (unpaired) electrons. The maximum atomic E-state index is 9.62. The fraction of sp³-hybridized carbons (Fsp3) is 0. The molecular formula is C12H6BrClN2O2S. The van der Waals surface area contributed by atoms with Crippen molar-refractivity contribution in [2.24, 2.45) is 0 Å². The Kier molecular flexibility index (Phi) is 3.30. The van der Waals surface area contributed by atoms with Gasteiger partial charge in [0.2, 0.25) is 5.82 Å². The summed E-state index contributed by atoms with van der Waals surface area (Å²) in [7, 11) is 0. The smallest absolute Gasteiger partial charge is 0.272 e. The van der Waals surface area contributed by atoms with Gasteiger partial charge in [-0.15, -0.1) is 11.3 Å². The molecule has 0 aliphatic heterocycles. The van der Waals surface area contributed by atoms with E-state index in [0.717, 1.165) is 10.0 Å². The highest BCUT2D eigenvalue weighted by Gasteiger charge is 2.15. The number of nitrogens with zero attached hydrogens (tertiary/aromatic N) is 2. The van der Waals surface area contributed by atoms with Gasteiger partial charge in [0.15, 0.2) is 0 Å². The molecule has 19 heavy (non-hydrogen) atoms. The molecule has 0 amide bonds. The van der Waals surface area contributed by atoms with E-state index in [1.165, 1.54) is 11.3 Å². The fourth-order valence-electron chi connectivity index (χ4n) is 1.53. The summed E-state index contributed by atoms with van der Waals surface area (Å²) in [5.74, 6) is 0.881. The molecule has 3 rings (SSSR count). The summed E-state index contributed by atoms with van der Waals surface area (Å²) in [5, 5.41) is 15.9. The van der Waals surface area contributed by atoms with E-state index in [1.807, 2.05) is 6.07 Å². The second-order valence-corrected chi connectivity index (χ2v) is 5.86. The molecule has 1 N–H and O–H groups in total. The monoisotopic (exact) mass is 356 g/mol. The number of aromatic hydroxyl groups is 1. The Morgan fingerprint density at radius 3 is 2.84 bits per heavy atom. The highest BCUT2D eigenvalue weighted by Crippen LogP contribution is 2.35. The minimum Gasteiger partial charge on any atom is -0.506 e. The van der Waals surface area contributed by atoms with Gasteiger partial charge in [-0.1, -0.05) is 16.8 Å². The van der Waals surface area contributed by atoms with Gasteiger partial charge in [0.25, 0.3) is 5.89 Å². The van der Waals surface area contributed by atoms with Crippen molar-refractivity contribution in [2.45, 2.75) is 0 Å². The van der Waals surface area contributed by atoms with Gasteiger partial charge in [-0.25, -0.2) is 0 Å². The number of benzene rings is 1. The van der Waals surface area contributed by atoms with Gasteiger partial charge in [0.05, 0.1) is 5.02 Å². The summed E-state index contributed by atoms with van der Waals surface area (Å²) >= 11 is 10.6. The number of aromatic nitrogens is 2. The van der Waals surface area contributed by atoms with Crippen LogP contribution in [0.2, 0.25) is 5.02 Å². The Hall–Kier alpha value is -1.37. The molecule has 3 aromatic rings. The first-order chi connectivity index (χ1) is 9.15. The lowest BCUT2D eigenvalue weighted by Crippen LogP contribution is -1.81. The summed E-state index contributed by atoms with van der Waals surface area (Å²) in [6.07, 6.45) is 0. The first-order valence-electron chi connectivity index (χ1n) is 5.21. The number of rotatable bonds is 2. The van der Waals surface area contributed by atoms with Crippen LogP contribution in [-0.4, -0.2) is 15.2 Å². The number of hydrogen-bond donors (Lipinski definition) is 1. The molecule has 4 nitrogen and oxygen atoms in total. The number of hydrogen-bond acceptors (Lipinski definition) is 5. The Morgan fingerprint density at radius 1 is 1.32 bits per heavy atom. The summed E-state index contributed by atoms with van der Waals surface area (Å²) < 4.78 is 5.92. The Labute approximate surface area is 125 Å². The van der Waals surface area contributed by atoms with E-state index in [-0.39, 0.29) is 5.75 Å². The van der Waals surface area contributed by atoms with Crippen LogP contribution in [0.25, 0.3) is 22.2 Å². The first-order valence-corrected chi connectivity index (χ1v) is 7.26. The molecule has 0 bridgehead atoms. The van der Waals surface area contributed by atoms with E-state index in [2.05, 4.69) is 26.1 Å². The maximum Gasteiger partial charge on any atom is 0.272 e. The van der Waals surface area contributed by atoms with Crippen molar-refractivity contribution in [1.29, 1.82) is 0 Å². The van der Waals surface area contributed by atoms with E-state index >= 15 is 0 Å². The molecule has 0 saturated heterocycles. The zero-order valence-electron chi connectivity index (χ0n) is 9.30. The average Bonchev–Trinajstić information content (AvgIpc) is 3.01. The minimum atomic E-state index is 0.137. The molecule has 2 aromatic heterocycles. The molecule has 0 fully saturated rings. The van der Waals surface area contributed by atoms with E-state index in [1.54, 1.807) is 23.6 Å². The number of halogens is 2. The van der Waals surface area contributed by atoms with E-state index in [0.29, 0.717) is 21.6 Å². The summed E-state index contributed by atoms with van der Waals surface area (Å²) in [5.41, 5.74) is 0.780. The second kappa shape index (κ2) is 4.96. The van der Waals surface area contributed by atoms with Crippen molar-refractivity contribution in [1.82, 2.24) is 10.1 Å². The van der Waals surface area contributed by atoms with Gasteiger partial charge in [-0.3, -0.25) is 0 Å². The molecule has 0 unspecified atom stereocenters. The Bertz CT molecular complexity index is 741. The van der Waals surface area contributed by atoms with Gasteiger partial charge < -0.3 is 9.63 Å². The predicted molar refractivity (Wildman–Crippen MR) is 77.4 cm³/mol. The van der Waals surface area contributed by atoms with Crippen LogP contribution in [0.3, 0.4) is 0 Å². The van der Waals surface area contributed by atoms with Crippen LogP contribution in [0.15, 0.2) is 38.6 Å². The summed E-state index contributed by atoms with van der Waals surface area (Å²) in [6.45, 7) is 0. The lowest BCUT2D eigenvalue weighted by molar-refractivity contribution is 0.427. The molecule has 0 atom stereocenters. The molecule has 96 valence electrons. The van der Waals surface area contributed by atoms with E-state index in [9.17, 15) is 5.11 Å². The normalized spacial score (nSPS) is 10.8. The largest absolute Gasteiger partial charge is 0.506 e. The number of thiophene rings is 1. The Balaban J connectivity index is 2.01. The van der Waals surface area contributed by atoms with Crippen LogP contribution >= 0.6 is 38.9 Å². The van der Waals surface area contributed by atoms with Crippen molar-refractivity contribution >= 4 is 38.9 Å². The minimum absolute atomic E-state index is 0.137. The third-order valence-corrected chi connectivity index (χ3v) is 4.55. The zero-order chi connectivity index (χ0) is 13.4. The van der Waals surface area contributed by atoms with E-state index < -0.39 is 0 Å². The molecule has 0 aliphatic rings. The molecule has 0 saturated carbocycles. The van der Waals surface area contributed by atoms with Gasteiger partial charge in [-0.2, -0.15) is 4.98 Å². The highest BCUT2D eigenvalue weighted by molar-refractivity contribution is 9.10. The second-order valence-electron chi connectivity index (χ2n) is 3.69. The van der Waals surface area contributed by atoms with Gasteiger partial charge in [-0.05, 0) is 45.6 Å². The average molecular weight is 358 g/mol. The van der Waals surface area contributed by atoms with Crippen LogP contribution in [0.1, 0.15) is 0 Å². The molecule has 0 aliphatic carbocycles. The van der Waals surface area contributed by atoms with Crippen molar-refractivity contribution in [2.75, 3.05) is 0 Å². The standard InChI is InChI=1S/C12H6BrClN2O2S/c13-7-5-6(1-2-8(7)14)11-15-12(18-16-11)10-9(17)3-4-19-10/h1-5,17H. The third kappa shape index (κ3) is 2.39. The van der Waals surface area contributed by atoms with E-state index in [4.69, 9.17) is 16.1 Å². The van der Waals surface area contributed by atoms with Crippen LogP contribution < -0.4 is 0 Å². The molecule has 2 heterocycles. The van der Waals surface area contributed by atoms with Crippen LogP contribution in [0.5, 0.6) is 5.75 Å². The summed E-state index contributed by atoms with van der Waals surface area (Å²) in [4.78, 5) is 4.83. The zero-order valence-corrected chi connectivity index (χ0v) is 12.5. The quantitative estimate of drug-likeness (QED) is 0.729. The van der Waals surface area contributed by atoms with Crippen molar-refractivity contribution in [3.63, 3.8) is 0 Å². The molecule has 7 heteroatoms. The third-order valence-electron chi connectivity index (χ3n) is 2.44. The lowest BCUT2D eigenvalue weighted by atomic mass is 10.2. The van der Waals surface area contributed by atoms with Crippen molar-refractivity contribution in [3.05, 3.63) is 39.1 Å². The predicted octanol–water partition coefficient (Wildman–Crippen LogP) is 4.59. The first kappa shape index (κ1) is 12.7. The SMILES string of the molecule is Oc1ccsc1-c1nc(-c2ccc(Cl)c(Br)c2)no1. The van der Waals surface area contributed by atoms with Crippen LogP contribution in [0, 0.1) is 0 Å². The topological polar surface area (TPSA) is 59.2 Å².